The van der Waals surface area contributed by atoms with Crippen LogP contribution in [-0.2, 0) is 16.1 Å². The summed E-state index contributed by atoms with van der Waals surface area (Å²) >= 11 is 3.23. The highest BCUT2D eigenvalue weighted by atomic mass is 32.2. The summed E-state index contributed by atoms with van der Waals surface area (Å²) in [7, 11) is 0. The number of benzene rings is 1. The summed E-state index contributed by atoms with van der Waals surface area (Å²) in [6.07, 6.45) is 0.269. The number of hydrogen-bond donors (Lipinski definition) is 2. The van der Waals surface area contributed by atoms with Crippen molar-refractivity contribution >= 4 is 40.6 Å². The van der Waals surface area contributed by atoms with E-state index in [0.717, 1.165) is 43.3 Å². The number of nitrogens with one attached hydrogen (secondary N) is 2. The number of rotatable bonds is 4. The molecule has 5 nitrogen and oxygen atoms in total. The Morgan fingerprint density at radius 1 is 1.23 bits per heavy atom. The zero-order valence-corrected chi connectivity index (χ0v) is 16.1. The fourth-order valence-corrected chi connectivity index (χ4v) is 5.22. The van der Waals surface area contributed by atoms with Crippen molar-refractivity contribution in [2.24, 2.45) is 0 Å². The van der Waals surface area contributed by atoms with Gasteiger partial charge in [-0.05, 0) is 29.0 Å². The van der Waals surface area contributed by atoms with Crippen LogP contribution in [0.3, 0.4) is 0 Å². The van der Waals surface area contributed by atoms with Crippen molar-refractivity contribution in [2.75, 3.05) is 31.5 Å². The van der Waals surface area contributed by atoms with Crippen LogP contribution in [0.5, 0.6) is 0 Å². The topological polar surface area (TPSA) is 53.9 Å². The highest BCUT2D eigenvalue weighted by Gasteiger charge is 2.32. The minimum absolute atomic E-state index is 0.0660. The van der Waals surface area contributed by atoms with Gasteiger partial charge in [0.2, 0.25) is 11.8 Å². The van der Waals surface area contributed by atoms with Crippen molar-refractivity contribution < 1.29 is 14.5 Å². The van der Waals surface area contributed by atoms with Gasteiger partial charge >= 0.3 is 0 Å². The largest absolute Gasteiger partial charge is 0.331 e. The molecule has 3 heterocycles. The van der Waals surface area contributed by atoms with Gasteiger partial charge in [0.15, 0.2) is 0 Å². The lowest BCUT2D eigenvalue weighted by atomic mass is 10.2. The molecule has 1 saturated heterocycles. The van der Waals surface area contributed by atoms with E-state index in [-0.39, 0.29) is 23.5 Å². The van der Waals surface area contributed by atoms with Crippen LogP contribution in [0.1, 0.15) is 12.0 Å². The van der Waals surface area contributed by atoms with E-state index >= 15 is 0 Å². The number of quaternary nitrogens is 1. The van der Waals surface area contributed by atoms with E-state index in [0.29, 0.717) is 0 Å². The van der Waals surface area contributed by atoms with Crippen molar-refractivity contribution in [2.45, 2.75) is 23.1 Å². The summed E-state index contributed by atoms with van der Waals surface area (Å²) in [6.45, 7) is 4.51. The molecule has 1 aromatic carbocycles. The molecule has 136 valence electrons. The minimum Gasteiger partial charge on any atom is -0.331 e. The molecule has 2 aromatic rings. The van der Waals surface area contributed by atoms with Gasteiger partial charge in [0.05, 0.1) is 37.1 Å². The van der Waals surface area contributed by atoms with Crippen molar-refractivity contribution in [3.63, 3.8) is 0 Å². The number of carbonyl (C=O) groups excluding carboxylic acids is 2. The molecule has 0 radical (unpaired) electrons. The Hall–Kier alpha value is -1.83. The molecule has 4 rings (SSSR count). The van der Waals surface area contributed by atoms with Crippen molar-refractivity contribution in [1.29, 1.82) is 0 Å². The normalized spacial score (nSPS) is 20.5. The maximum atomic E-state index is 12.7. The third kappa shape index (κ3) is 3.95. The molecule has 2 amide bonds. The van der Waals surface area contributed by atoms with E-state index in [2.05, 4.69) is 22.1 Å². The fraction of sp³-hybridized carbons (Fsp3) is 0.368. The first-order valence-corrected chi connectivity index (χ1v) is 10.7. The molecule has 0 spiro atoms. The molecule has 2 N–H and O–H groups in total. The van der Waals surface area contributed by atoms with Crippen molar-refractivity contribution in [3.8, 4) is 0 Å². The highest BCUT2D eigenvalue weighted by molar-refractivity contribution is 8.01. The van der Waals surface area contributed by atoms with Crippen LogP contribution < -0.4 is 10.2 Å². The van der Waals surface area contributed by atoms with E-state index in [4.69, 9.17) is 0 Å². The summed E-state index contributed by atoms with van der Waals surface area (Å²) in [6, 6.07) is 9.92. The van der Waals surface area contributed by atoms with Gasteiger partial charge in [-0.1, -0.05) is 12.1 Å². The lowest BCUT2D eigenvalue weighted by molar-refractivity contribution is -0.917. The Morgan fingerprint density at radius 2 is 2.04 bits per heavy atom. The average molecular weight is 389 g/mol. The lowest BCUT2D eigenvalue weighted by Gasteiger charge is -2.33. The molecule has 1 atom stereocenters. The molecule has 2 aliphatic heterocycles. The number of fused-ring (bicyclic) bond motifs is 1. The number of carbonyl (C=O) groups is 2. The monoisotopic (exact) mass is 388 g/mol. The van der Waals surface area contributed by atoms with Gasteiger partial charge < -0.3 is 15.1 Å². The maximum absolute atomic E-state index is 12.7. The molecule has 0 bridgehead atoms. The minimum atomic E-state index is -0.339. The number of hydrogen-bond acceptors (Lipinski definition) is 4. The molecule has 0 aliphatic carbocycles. The van der Waals surface area contributed by atoms with E-state index in [1.807, 2.05) is 29.2 Å². The molecule has 1 fully saturated rings. The first-order valence-electron chi connectivity index (χ1n) is 8.88. The van der Waals surface area contributed by atoms with E-state index in [9.17, 15) is 9.59 Å². The quantitative estimate of drug-likeness (QED) is 0.834. The molecule has 0 unspecified atom stereocenters. The van der Waals surface area contributed by atoms with Crippen LogP contribution in [-0.4, -0.2) is 48.1 Å². The number of thioether (sulfide) groups is 1. The Bertz CT molecular complexity index is 786. The van der Waals surface area contributed by atoms with Gasteiger partial charge in [0, 0.05) is 16.9 Å². The third-order valence-corrected chi connectivity index (χ3v) is 6.93. The van der Waals surface area contributed by atoms with Crippen molar-refractivity contribution in [3.05, 3.63) is 46.7 Å². The van der Waals surface area contributed by atoms with Gasteiger partial charge in [0.25, 0.3) is 0 Å². The summed E-state index contributed by atoms with van der Waals surface area (Å²) in [5.74, 6) is 0.0235. The smallest absolute Gasteiger partial charge is 0.238 e. The Morgan fingerprint density at radius 3 is 2.81 bits per heavy atom. The third-order valence-electron chi connectivity index (χ3n) is 4.92. The second-order valence-electron chi connectivity index (χ2n) is 6.74. The van der Waals surface area contributed by atoms with Crippen LogP contribution >= 0.6 is 23.1 Å². The van der Waals surface area contributed by atoms with Crippen LogP contribution in [0.25, 0.3) is 0 Å². The number of para-hydroxylation sites is 1. The number of piperazine rings is 1. The Balaban J connectivity index is 1.30. The summed E-state index contributed by atoms with van der Waals surface area (Å²) in [5.41, 5.74) is 2.22. The van der Waals surface area contributed by atoms with Crippen molar-refractivity contribution in [1.82, 2.24) is 4.90 Å². The SMILES string of the molecule is O=C1Nc2ccccc2S[C@@H]1CC(=O)N1CC[NH+](Cc2ccsc2)CC1. The zero-order valence-electron chi connectivity index (χ0n) is 14.4. The predicted octanol–water partition coefficient (Wildman–Crippen LogP) is 1.48. The lowest BCUT2D eigenvalue weighted by Crippen LogP contribution is -3.13. The summed E-state index contributed by atoms with van der Waals surface area (Å²) in [5, 5.41) is 6.88. The van der Waals surface area contributed by atoms with E-state index < -0.39 is 0 Å². The predicted molar refractivity (Wildman–Crippen MR) is 105 cm³/mol. The molecular weight excluding hydrogens is 366 g/mol. The number of thiophene rings is 1. The Labute approximate surface area is 161 Å². The van der Waals surface area contributed by atoms with E-state index in [1.54, 1.807) is 11.3 Å². The number of amides is 2. The number of anilines is 1. The second-order valence-corrected chi connectivity index (χ2v) is 8.76. The number of nitrogens with zero attached hydrogens (tertiary/aromatic N) is 1. The standard InChI is InChI=1S/C19H21N3O2S2/c23-18(11-17-19(24)20-15-3-1-2-4-16(15)26-17)22-8-6-21(7-9-22)12-14-5-10-25-13-14/h1-5,10,13,17H,6-9,11-12H2,(H,20,24)/p+1/t17-/m1/s1. The Kier molecular flexibility index (Phi) is 5.28. The van der Waals surface area contributed by atoms with Gasteiger partial charge in [0.1, 0.15) is 6.54 Å². The van der Waals surface area contributed by atoms with Gasteiger partial charge in [-0.25, -0.2) is 0 Å². The second kappa shape index (κ2) is 7.82. The first kappa shape index (κ1) is 17.6. The molecule has 26 heavy (non-hydrogen) atoms. The molecule has 7 heteroatoms. The highest BCUT2D eigenvalue weighted by Crippen LogP contribution is 2.36. The molecule has 2 aliphatic rings. The van der Waals surface area contributed by atoms with Crippen LogP contribution in [0.4, 0.5) is 5.69 Å². The van der Waals surface area contributed by atoms with Crippen LogP contribution in [0, 0.1) is 0 Å². The molecule has 0 saturated carbocycles. The summed E-state index contributed by atoms with van der Waals surface area (Å²) in [4.78, 5) is 29.5. The average Bonchev–Trinajstić information content (AvgIpc) is 3.16. The first-order chi connectivity index (χ1) is 12.7. The van der Waals surface area contributed by atoms with E-state index in [1.165, 1.54) is 22.2 Å². The van der Waals surface area contributed by atoms with Gasteiger partial charge in [-0.15, -0.1) is 11.8 Å². The van der Waals surface area contributed by atoms with Crippen LogP contribution in [0.15, 0.2) is 46.0 Å². The molecular formula is C19H22N3O2S2+. The molecule has 1 aromatic heterocycles. The fourth-order valence-electron chi connectivity index (χ4n) is 3.45. The zero-order chi connectivity index (χ0) is 17.9. The van der Waals surface area contributed by atoms with Crippen LogP contribution in [0.2, 0.25) is 0 Å². The van der Waals surface area contributed by atoms with Gasteiger partial charge in [-0.2, -0.15) is 11.3 Å². The maximum Gasteiger partial charge on any atom is 0.238 e. The summed E-state index contributed by atoms with van der Waals surface area (Å²) < 4.78 is 0. The van der Waals surface area contributed by atoms with Gasteiger partial charge in [-0.3, -0.25) is 9.59 Å².